The van der Waals surface area contributed by atoms with Crippen molar-refractivity contribution in [3.8, 4) is 0 Å². The molecular formula is C12H22N2O4S. The van der Waals surface area contributed by atoms with E-state index in [1.807, 2.05) is 13.8 Å². The van der Waals surface area contributed by atoms with Crippen molar-refractivity contribution in [3.63, 3.8) is 0 Å². The van der Waals surface area contributed by atoms with Gasteiger partial charge in [-0.1, -0.05) is 0 Å². The summed E-state index contributed by atoms with van der Waals surface area (Å²) >= 11 is 0. The molecule has 1 aromatic heterocycles. The van der Waals surface area contributed by atoms with Gasteiger partial charge in [0.05, 0.1) is 19.3 Å². The van der Waals surface area contributed by atoms with E-state index in [0.29, 0.717) is 25.5 Å². The molecule has 0 saturated carbocycles. The first-order chi connectivity index (χ1) is 8.84. The minimum atomic E-state index is -3.49. The van der Waals surface area contributed by atoms with E-state index < -0.39 is 10.0 Å². The van der Waals surface area contributed by atoms with Crippen molar-refractivity contribution in [2.45, 2.75) is 31.6 Å². The number of nitrogens with one attached hydrogen (secondary N) is 1. The first kappa shape index (κ1) is 16.2. The van der Waals surface area contributed by atoms with Gasteiger partial charge in [0, 0.05) is 20.6 Å². The van der Waals surface area contributed by atoms with Gasteiger partial charge in [0.1, 0.15) is 5.76 Å². The zero-order valence-electron chi connectivity index (χ0n) is 11.8. The molecule has 0 saturated heterocycles. The lowest BCUT2D eigenvalue weighted by Gasteiger charge is -2.08. The molecule has 19 heavy (non-hydrogen) atoms. The van der Waals surface area contributed by atoms with Gasteiger partial charge in [0.15, 0.2) is 0 Å². The van der Waals surface area contributed by atoms with E-state index in [1.165, 1.54) is 20.2 Å². The first-order valence-corrected chi connectivity index (χ1v) is 7.61. The molecule has 0 amide bonds. The Morgan fingerprint density at radius 2 is 2.05 bits per heavy atom. The normalized spacial score (nSPS) is 12.5. The molecule has 1 heterocycles. The maximum atomic E-state index is 11.8. The number of hydrogen-bond donors (Lipinski definition) is 1. The molecule has 0 bridgehead atoms. The molecule has 0 aliphatic heterocycles. The van der Waals surface area contributed by atoms with Crippen LogP contribution >= 0.6 is 0 Å². The maximum absolute atomic E-state index is 11.8. The SMILES string of the molecule is CC(C)OCCNCc1ccc(S(=O)(=O)N(C)C)o1. The van der Waals surface area contributed by atoms with E-state index in [9.17, 15) is 8.42 Å². The number of rotatable bonds is 8. The molecule has 1 rings (SSSR count). The molecular weight excluding hydrogens is 268 g/mol. The fourth-order valence-corrected chi connectivity index (χ4v) is 2.16. The third-order valence-corrected chi connectivity index (χ3v) is 4.09. The molecule has 110 valence electrons. The van der Waals surface area contributed by atoms with E-state index in [4.69, 9.17) is 9.15 Å². The monoisotopic (exact) mass is 290 g/mol. The van der Waals surface area contributed by atoms with Crippen LogP contribution in [0.3, 0.4) is 0 Å². The van der Waals surface area contributed by atoms with Crippen LogP contribution in [0.15, 0.2) is 21.6 Å². The van der Waals surface area contributed by atoms with Gasteiger partial charge in [-0.3, -0.25) is 0 Å². The Labute approximate surface area is 114 Å². The smallest absolute Gasteiger partial charge is 0.275 e. The molecule has 6 nitrogen and oxygen atoms in total. The van der Waals surface area contributed by atoms with Crippen molar-refractivity contribution < 1.29 is 17.6 Å². The second-order valence-corrected chi connectivity index (χ2v) is 6.69. The van der Waals surface area contributed by atoms with Crippen LogP contribution in [0, 0.1) is 0 Å². The Hall–Kier alpha value is -0.890. The van der Waals surface area contributed by atoms with Crippen molar-refractivity contribution in [1.82, 2.24) is 9.62 Å². The number of sulfonamides is 1. The van der Waals surface area contributed by atoms with Crippen molar-refractivity contribution >= 4 is 10.0 Å². The van der Waals surface area contributed by atoms with E-state index >= 15 is 0 Å². The van der Waals surface area contributed by atoms with Gasteiger partial charge < -0.3 is 14.5 Å². The molecule has 0 fully saturated rings. The fraction of sp³-hybridized carbons (Fsp3) is 0.667. The van der Waals surface area contributed by atoms with Crippen molar-refractivity contribution in [3.05, 3.63) is 17.9 Å². The molecule has 0 radical (unpaired) electrons. The molecule has 1 aromatic rings. The minimum Gasteiger partial charge on any atom is -0.447 e. The molecule has 0 aromatic carbocycles. The van der Waals surface area contributed by atoms with Crippen LogP contribution in [-0.2, 0) is 21.3 Å². The summed E-state index contributed by atoms with van der Waals surface area (Å²) in [5, 5.41) is 3.09. The fourth-order valence-electron chi connectivity index (χ4n) is 1.35. The molecule has 7 heteroatoms. The number of hydrogen-bond acceptors (Lipinski definition) is 5. The predicted molar refractivity (Wildman–Crippen MR) is 72.4 cm³/mol. The van der Waals surface area contributed by atoms with Crippen LogP contribution in [0.4, 0.5) is 0 Å². The highest BCUT2D eigenvalue weighted by molar-refractivity contribution is 7.88. The number of furan rings is 1. The largest absolute Gasteiger partial charge is 0.447 e. The maximum Gasteiger partial charge on any atom is 0.275 e. The highest BCUT2D eigenvalue weighted by atomic mass is 32.2. The van der Waals surface area contributed by atoms with Gasteiger partial charge in [-0.05, 0) is 26.0 Å². The summed E-state index contributed by atoms with van der Waals surface area (Å²) in [7, 11) is -0.546. The third kappa shape index (κ3) is 4.94. The van der Waals surface area contributed by atoms with Gasteiger partial charge in [-0.25, -0.2) is 12.7 Å². The second kappa shape index (κ2) is 7.04. The van der Waals surface area contributed by atoms with E-state index in [1.54, 1.807) is 6.07 Å². The zero-order chi connectivity index (χ0) is 14.5. The van der Waals surface area contributed by atoms with Crippen LogP contribution in [0.25, 0.3) is 0 Å². The Bertz CT molecular complexity index is 480. The van der Waals surface area contributed by atoms with Gasteiger partial charge >= 0.3 is 0 Å². The summed E-state index contributed by atoms with van der Waals surface area (Å²) in [5.74, 6) is 0.588. The van der Waals surface area contributed by atoms with Crippen molar-refractivity contribution in [2.75, 3.05) is 27.2 Å². The second-order valence-electron chi connectivity index (χ2n) is 4.60. The van der Waals surface area contributed by atoms with Crippen LogP contribution < -0.4 is 5.32 Å². The number of ether oxygens (including phenoxy) is 1. The average Bonchev–Trinajstić information content (AvgIpc) is 2.77. The Morgan fingerprint density at radius 3 is 2.63 bits per heavy atom. The molecule has 0 atom stereocenters. The lowest BCUT2D eigenvalue weighted by molar-refractivity contribution is 0.0804. The summed E-state index contributed by atoms with van der Waals surface area (Å²) in [6.45, 7) is 5.73. The van der Waals surface area contributed by atoms with Crippen molar-refractivity contribution in [1.29, 1.82) is 0 Å². The average molecular weight is 290 g/mol. The third-order valence-electron chi connectivity index (χ3n) is 2.40. The quantitative estimate of drug-likeness (QED) is 0.724. The minimum absolute atomic E-state index is 0.0345. The predicted octanol–water partition coefficient (Wildman–Crippen LogP) is 1.04. The summed E-state index contributed by atoms with van der Waals surface area (Å²) in [4.78, 5) is 0. The molecule has 0 aliphatic carbocycles. The Kier molecular flexibility index (Phi) is 5.99. The molecule has 0 unspecified atom stereocenters. The van der Waals surface area contributed by atoms with Crippen LogP contribution in [-0.4, -0.2) is 46.1 Å². The zero-order valence-corrected chi connectivity index (χ0v) is 12.7. The van der Waals surface area contributed by atoms with Crippen molar-refractivity contribution in [2.24, 2.45) is 0 Å². The highest BCUT2D eigenvalue weighted by Gasteiger charge is 2.21. The standard InChI is InChI=1S/C12H22N2O4S/c1-10(2)17-8-7-13-9-11-5-6-12(18-11)19(15,16)14(3)4/h5-6,10,13H,7-9H2,1-4H3. The number of nitrogens with zero attached hydrogens (tertiary/aromatic N) is 1. The topological polar surface area (TPSA) is 71.8 Å². The molecule has 0 spiro atoms. The van der Waals surface area contributed by atoms with Crippen LogP contribution in [0.2, 0.25) is 0 Å². The lowest BCUT2D eigenvalue weighted by atomic mass is 10.4. The van der Waals surface area contributed by atoms with E-state index in [2.05, 4.69) is 5.32 Å². The summed E-state index contributed by atoms with van der Waals surface area (Å²) in [5.41, 5.74) is 0. The van der Waals surface area contributed by atoms with Gasteiger partial charge in [-0.2, -0.15) is 0 Å². The van der Waals surface area contributed by atoms with Crippen LogP contribution in [0.5, 0.6) is 0 Å². The van der Waals surface area contributed by atoms with E-state index in [-0.39, 0.29) is 11.2 Å². The summed E-state index contributed by atoms with van der Waals surface area (Å²) in [6.07, 6.45) is 0.210. The van der Waals surface area contributed by atoms with Gasteiger partial charge in [0.25, 0.3) is 10.0 Å². The Balaban J connectivity index is 2.44. The summed E-state index contributed by atoms with van der Waals surface area (Å²) in [6, 6.07) is 3.13. The Morgan fingerprint density at radius 1 is 1.37 bits per heavy atom. The molecule has 0 aliphatic rings. The van der Waals surface area contributed by atoms with Gasteiger partial charge in [-0.15, -0.1) is 0 Å². The van der Waals surface area contributed by atoms with Gasteiger partial charge in [0.2, 0.25) is 5.09 Å². The van der Waals surface area contributed by atoms with E-state index in [0.717, 1.165) is 4.31 Å². The summed E-state index contributed by atoms with van der Waals surface area (Å²) < 4.78 is 35.4. The highest BCUT2D eigenvalue weighted by Crippen LogP contribution is 2.16. The first-order valence-electron chi connectivity index (χ1n) is 6.17. The lowest BCUT2D eigenvalue weighted by Crippen LogP contribution is -2.22. The van der Waals surface area contributed by atoms with Crippen LogP contribution in [0.1, 0.15) is 19.6 Å². The molecule has 1 N–H and O–H groups in total.